The van der Waals surface area contributed by atoms with Gasteiger partial charge in [0.2, 0.25) is 0 Å². The van der Waals surface area contributed by atoms with Crippen molar-refractivity contribution in [3.63, 3.8) is 0 Å². The zero-order valence-electron chi connectivity index (χ0n) is 11.8. The zero-order chi connectivity index (χ0) is 13.6. The van der Waals surface area contributed by atoms with Crippen LogP contribution >= 0.6 is 0 Å². The first-order chi connectivity index (χ1) is 8.39. The normalized spacial score (nSPS) is 31.7. The minimum Gasteiger partial charge on any atom is -0.481 e. The highest BCUT2D eigenvalue weighted by molar-refractivity contribution is 5.68. The maximum Gasteiger partial charge on any atom is 0.306 e. The Hall–Kier alpha value is -0.610. The first kappa shape index (κ1) is 15.4. The second-order valence-corrected chi connectivity index (χ2v) is 5.98. The molecule has 1 N–H and O–H groups in total. The van der Waals surface area contributed by atoms with E-state index in [1.165, 1.54) is 25.7 Å². The zero-order valence-corrected chi connectivity index (χ0v) is 11.8. The van der Waals surface area contributed by atoms with E-state index in [1.807, 2.05) is 13.8 Å². The number of rotatable bonds is 8. The summed E-state index contributed by atoms with van der Waals surface area (Å²) in [5, 5.41) is 8.85. The first-order valence-electron chi connectivity index (χ1n) is 6.98. The number of aliphatic carboxylic acids is 1. The Kier molecular flexibility index (Phi) is 5.60. The van der Waals surface area contributed by atoms with Crippen LogP contribution < -0.4 is 0 Å². The van der Waals surface area contributed by atoms with E-state index in [2.05, 4.69) is 6.92 Å². The Morgan fingerprint density at radius 2 is 1.72 bits per heavy atom. The van der Waals surface area contributed by atoms with Crippen LogP contribution in [-0.4, -0.2) is 22.3 Å². The van der Waals surface area contributed by atoms with Gasteiger partial charge < -0.3 is 5.11 Å². The minimum absolute atomic E-state index is 0.00156. The lowest BCUT2D eigenvalue weighted by atomic mass is 9.85. The minimum atomic E-state index is -0.840. The average molecular weight is 258 g/mol. The summed E-state index contributed by atoms with van der Waals surface area (Å²) in [5.74, 6) is -0.840. The predicted octanol–water partition coefficient (Wildman–Crippen LogP) is 3.69. The van der Waals surface area contributed by atoms with Crippen molar-refractivity contribution in [1.82, 2.24) is 0 Å². The van der Waals surface area contributed by atoms with Gasteiger partial charge in [-0.25, -0.2) is 9.78 Å². The Labute approximate surface area is 110 Å². The molecule has 1 fully saturated rings. The van der Waals surface area contributed by atoms with Crippen LogP contribution in [0.2, 0.25) is 0 Å². The molecular weight excluding hydrogens is 232 g/mol. The summed E-state index contributed by atoms with van der Waals surface area (Å²) >= 11 is 0. The lowest BCUT2D eigenvalue weighted by molar-refractivity contribution is -0.345. The molecule has 0 aromatic heterocycles. The molecule has 0 radical (unpaired) electrons. The molecule has 0 aromatic rings. The summed E-state index contributed by atoms with van der Waals surface area (Å²) in [7, 11) is 0. The van der Waals surface area contributed by atoms with Gasteiger partial charge in [0.15, 0.2) is 0 Å². The van der Waals surface area contributed by atoms with E-state index in [0.717, 1.165) is 12.8 Å². The maximum atomic E-state index is 10.8. The van der Waals surface area contributed by atoms with Gasteiger partial charge in [-0.05, 0) is 20.3 Å². The highest BCUT2D eigenvalue weighted by Crippen LogP contribution is 2.40. The number of carboxylic acid groups (broad SMARTS) is 1. The Bertz CT molecular complexity index is 279. The molecule has 0 aromatic carbocycles. The van der Waals surface area contributed by atoms with Crippen molar-refractivity contribution in [2.45, 2.75) is 83.3 Å². The molecule has 1 heterocycles. The number of carboxylic acids is 1. The molecule has 1 rings (SSSR count). The summed E-state index contributed by atoms with van der Waals surface area (Å²) in [6, 6.07) is 0. The van der Waals surface area contributed by atoms with Gasteiger partial charge in [-0.1, -0.05) is 39.0 Å². The van der Waals surface area contributed by atoms with Gasteiger partial charge in [-0.15, -0.1) is 0 Å². The van der Waals surface area contributed by atoms with Crippen LogP contribution in [0.3, 0.4) is 0 Å². The molecule has 0 spiro atoms. The molecule has 0 unspecified atom stereocenters. The molecule has 0 aliphatic carbocycles. The summed E-state index contributed by atoms with van der Waals surface area (Å²) in [6.07, 6.45) is 7.70. The topological polar surface area (TPSA) is 55.8 Å². The standard InChI is InChI=1S/C14H26O4/c1-4-5-6-7-8-9-13(2)11-14(3,18-17-13)10-12(15)16/h4-11H2,1-3H3,(H,15,16)/t13-,14-/m0/s1. The molecular formula is C14H26O4. The largest absolute Gasteiger partial charge is 0.481 e. The number of unbranched alkanes of at least 4 members (excludes halogenated alkanes) is 4. The van der Waals surface area contributed by atoms with Crippen molar-refractivity contribution in [1.29, 1.82) is 0 Å². The van der Waals surface area contributed by atoms with Gasteiger partial charge in [0, 0.05) is 6.42 Å². The van der Waals surface area contributed by atoms with Crippen molar-refractivity contribution in [3.05, 3.63) is 0 Å². The van der Waals surface area contributed by atoms with Crippen LogP contribution in [0, 0.1) is 0 Å². The molecule has 1 saturated heterocycles. The van der Waals surface area contributed by atoms with Crippen molar-refractivity contribution >= 4 is 5.97 Å². The summed E-state index contributed by atoms with van der Waals surface area (Å²) in [4.78, 5) is 21.4. The third-order valence-corrected chi connectivity index (χ3v) is 3.53. The second kappa shape index (κ2) is 6.53. The van der Waals surface area contributed by atoms with E-state index in [9.17, 15) is 4.79 Å². The van der Waals surface area contributed by atoms with Crippen molar-refractivity contribution in [2.24, 2.45) is 0 Å². The highest BCUT2D eigenvalue weighted by atomic mass is 17.2. The fourth-order valence-electron chi connectivity index (χ4n) is 2.70. The molecule has 106 valence electrons. The monoisotopic (exact) mass is 258 g/mol. The summed E-state index contributed by atoms with van der Waals surface area (Å²) in [5.41, 5.74) is -1.000. The summed E-state index contributed by atoms with van der Waals surface area (Å²) < 4.78 is 0. The second-order valence-electron chi connectivity index (χ2n) is 5.98. The average Bonchev–Trinajstić information content (AvgIpc) is 2.54. The van der Waals surface area contributed by atoms with Crippen LogP contribution in [0.4, 0.5) is 0 Å². The van der Waals surface area contributed by atoms with Crippen LogP contribution in [0.15, 0.2) is 0 Å². The molecule has 2 atom stereocenters. The Balaban J connectivity index is 2.31. The maximum absolute atomic E-state index is 10.8. The molecule has 18 heavy (non-hydrogen) atoms. The van der Waals surface area contributed by atoms with Gasteiger partial charge in [-0.2, -0.15) is 0 Å². The van der Waals surface area contributed by atoms with Crippen LogP contribution in [-0.2, 0) is 14.6 Å². The molecule has 0 saturated carbocycles. The third-order valence-electron chi connectivity index (χ3n) is 3.53. The molecule has 1 aliphatic heterocycles. The van der Waals surface area contributed by atoms with Gasteiger partial charge in [0.05, 0.1) is 6.42 Å². The lowest BCUT2D eigenvalue weighted by Gasteiger charge is -2.21. The van der Waals surface area contributed by atoms with E-state index >= 15 is 0 Å². The van der Waals surface area contributed by atoms with Crippen LogP contribution in [0.5, 0.6) is 0 Å². The van der Waals surface area contributed by atoms with Crippen LogP contribution in [0.1, 0.15) is 72.1 Å². The third kappa shape index (κ3) is 4.94. The van der Waals surface area contributed by atoms with Crippen molar-refractivity contribution in [3.8, 4) is 0 Å². The Morgan fingerprint density at radius 1 is 1.11 bits per heavy atom. The summed E-state index contributed by atoms with van der Waals surface area (Å²) in [6.45, 7) is 6.02. The fraction of sp³-hybridized carbons (Fsp3) is 0.929. The number of hydrogen-bond donors (Lipinski definition) is 1. The molecule has 1 aliphatic rings. The van der Waals surface area contributed by atoms with Crippen LogP contribution in [0.25, 0.3) is 0 Å². The number of hydrogen-bond acceptors (Lipinski definition) is 3. The van der Waals surface area contributed by atoms with Gasteiger partial charge >= 0.3 is 5.97 Å². The van der Waals surface area contributed by atoms with Gasteiger partial charge in [0.1, 0.15) is 11.2 Å². The van der Waals surface area contributed by atoms with Gasteiger partial charge in [-0.3, -0.25) is 4.79 Å². The van der Waals surface area contributed by atoms with E-state index in [4.69, 9.17) is 14.9 Å². The molecule has 4 nitrogen and oxygen atoms in total. The molecule has 0 amide bonds. The first-order valence-corrected chi connectivity index (χ1v) is 6.98. The van der Waals surface area contributed by atoms with E-state index in [-0.39, 0.29) is 12.0 Å². The fourth-order valence-corrected chi connectivity index (χ4v) is 2.70. The number of carbonyl (C=O) groups is 1. The van der Waals surface area contributed by atoms with E-state index in [0.29, 0.717) is 6.42 Å². The molecule has 4 heteroatoms. The quantitative estimate of drug-likeness (QED) is 0.533. The van der Waals surface area contributed by atoms with E-state index in [1.54, 1.807) is 0 Å². The SMILES string of the molecule is CCCCCCC[C@@]1(C)C[C@](C)(CC(=O)O)OO1. The van der Waals surface area contributed by atoms with Crippen molar-refractivity contribution in [2.75, 3.05) is 0 Å². The molecule has 0 bridgehead atoms. The Morgan fingerprint density at radius 3 is 2.33 bits per heavy atom. The smallest absolute Gasteiger partial charge is 0.306 e. The van der Waals surface area contributed by atoms with Gasteiger partial charge in [0.25, 0.3) is 0 Å². The predicted molar refractivity (Wildman–Crippen MR) is 69.2 cm³/mol. The van der Waals surface area contributed by atoms with Crippen molar-refractivity contribution < 1.29 is 19.7 Å². The highest BCUT2D eigenvalue weighted by Gasteiger charge is 2.46. The lowest BCUT2D eigenvalue weighted by Crippen LogP contribution is -2.30. The van der Waals surface area contributed by atoms with E-state index < -0.39 is 11.6 Å².